The van der Waals surface area contributed by atoms with Gasteiger partial charge in [0, 0.05) is 18.3 Å². The average Bonchev–Trinajstić information content (AvgIpc) is 3.08. The van der Waals surface area contributed by atoms with Crippen LogP contribution in [0.5, 0.6) is 0 Å². The lowest BCUT2D eigenvalue weighted by molar-refractivity contribution is 0.182. The molecule has 0 aliphatic carbocycles. The molecule has 3 rings (SSSR count). The third-order valence-corrected chi connectivity index (χ3v) is 5.62. The first-order valence-corrected chi connectivity index (χ1v) is 10.4. The molecule has 2 N–H and O–H groups in total. The second kappa shape index (κ2) is 9.73. The predicted octanol–water partition coefficient (Wildman–Crippen LogP) is 4.04. The van der Waals surface area contributed by atoms with Crippen molar-refractivity contribution in [1.82, 2.24) is 20.0 Å². The molecule has 0 bridgehead atoms. The maximum atomic E-state index is 12.3. The number of rotatable bonds is 7. The fourth-order valence-electron chi connectivity index (χ4n) is 3.81. The maximum absolute atomic E-state index is 12.3. The molecule has 6 heteroatoms. The van der Waals surface area contributed by atoms with Crippen LogP contribution in [0.2, 0.25) is 0 Å². The molecule has 1 aromatic carbocycles. The molecule has 0 radical (unpaired) electrons. The van der Waals surface area contributed by atoms with Gasteiger partial charge in [0.05, 0.1) is 6.04 Å². The molecule has 0 spiro atoms. The Labute approximate surface area is 168 Å². The Kier molecular flexibility index (Phi) is 7.09. The Morgan fingerprint density at radius 3 is 2.64 bits per heavy atom. The third kappa shape index (κ3) is 5.35. The molecule has 0 unspecified atom stereocenters. The van der Waals surface area contributed by atoms with Crippen molar-refractivity contribution in [3.63, 3.8) is 0 Å². The molecule has 0 saturated carbocycles. The number of aromatic nitrogens is 2. The standard InChI is InChI=1S/C22H33N5O/c1-4-12-26-13-10-19(11-14-26)15-23-22(28)24-21-17(2)16-27(25-21)18(3)20-8-6-5-7-9-20/h5-9,16,18-19H,4,10-15H2,1-3H3,(H2,23,24,25,28)/t18-/m0/s1. The van der Waals surface area contributed by atoms with E-state index in [9.17, 15) is 4.79 Å². The van der Waals surface area contributed by atoms with Gasteiger partial charge in [0.1, 0.15) is 0 Å². The summed E-state index contributed by atoms with van der Waals surface area (Å²) in [5.74, 6) is 1.19. The molecule has 1 saturated heterocycles. The molecular formula is C22H33N5O. The smallest absolute Gasteiger partial charge is 0.320 e. The van der Waals surface area contributed by atoms with Crippen LogP contribution in [0, 0.1) is 12.8 Å². The predicted molar refractivity (Wildman–Crippen MR) is 114 cm³/mol. The van der Waals surface area contributed by atoms with E-state index < -0.39 is 0 Å². The number of urea groups is 1. The summed E-state index contributed by atoms with van der Waals surface area (Å²) in [5.41, 5.74) is 2.15. The van der Waals surface area contributed by atoms with Crippen LogP contribution in [0.25, 0.3) is 0 Å². The molecule has 28 heavy (non-hydrogen) atoms. The van der Waals surface area contributed by atoms with Crippen molar-refractivity contribution in [1.29, 1.82) is 0 Å². The van der Waals surface area contributed by atoms with Crippen molar-refractivity contribution in [2.75, 3.05) is 31.5 Å². The van der Waals surface area contributed by atoms with Crippen LogP contribution in [-0.2, 0) is 0 Å². The molecule has 1 fully saturated rings. The van der Waals surface area contributed by atoms with E-state index in [4.69, 9.17) is 0 Å². The minimum Gasteiger partial charge on any atom is -0.338 e. The second-order valence-electron chi connectivity index (χ2n) is 7.85. The number of nitrogens with zero attached hydrogens (tertiary/aromatic N) is 3. The SMILES string of the molecule is CCCN1CCC(CNC(=O)Nc2nn([C@@H](C)c3ccccc3)cc2C)CC1. The number of amides is 2. The molecule has 2 amide bonds. The Balaban J connectivity index is 1.49. The van der Waals surface area contributed by atoms with E-state index in [0.29, 0.717) is 11.7 Å². The summed E-state index contributed by atoms with van der Waals surface area (Å²) in [6.45, 7) is 10.5. The van der Waals surface area contributed by atoms with Gasteiger partial charge in [-0.1, -0.05) is 37.3 Å². The summed E-state index contributed by atoms with van der Waals surface area (Å²) in [5, 5.41) is 10.5. The Morgan fingerprint density at radius 1 is 1.25 bits per heavy atom. The lowest BCUT2D eigenvalue weighted by Crippen LogP contribution is -2.40. The number of hydrogen-bond donors (Lipinski definition) is 2. The molecule has 1 aromatic heterocycles. The summed E-state index contributed by atoms with van der Waals surface area (Å²) in [7, 11) is 0. The fourth-order valence-corrected chi connectivity index (χ4v) is 3.81. The quantitative estimate of drug-likeness (QED) is 0.758. The van der Waals surface area contributed by atoms with Gasteiger partial charge in [-0.2, -0.15) is 5.10 Å². The third-order valence-electron chi connectivity index (χ3n) is 5.62. The number of hydrogen-bond acceptors (Lipinski definition) is 3. The Hall–Kier alpha value is -2.34. The van der Waals surface area contributed by atoms with Gasteiger partial charge < -0.3 is 10.2 Å². The molecule has 152 valence electrons. The van der Waals surface area contributed by atoms with Crippen molar-refractivity contribution < 1.29 is 4.79 Å². The van der Waals surface area contributed by atoms with Crippen LogP contribution in [0.1, 0.15) is 50.3 Å². The first-order valence-electron chi connectivity index (χ1n) is 10.4. The van der Waals surface area contributed by atoms with E-state index >= 15 is 0 Å². The molecule has 6 nitrogen and oxygen atoms in total. The van der Waals surface area contributed by atoms with Gasteiger partial charge in [-0.15, -0.1) is 0 Å². The van der Waals surface area contributed by atoms with E-state index in [0.717, 1.165) is 38.0 Å². The van der Waals surface area contributed by atoms with E-state index in [1.54, 1.807) is 0 Å². The summed E-state index contributed by atoms with van der Waals surface area (Å²) in [4.78, 5) is 14.9. The van der Waals surface area contributed by atoms with Crippen LogP contribution in [-0.4, -0.2) is 46.9 Å². The topological polar surface area (TPSA) is 62.2 Å². The summed E-state index contributed by atoms with van der Waals surface area (Å²) in [6.07, 6.45) is 5.50. The van der Waals surface area contributed by atoms with Crippen molar-refractivity contribution in [2.24, 2.45) is 5.92 Å². The van der Waals surface area contributed by atoms with Crippen LogP contribution in [0.4, 0.5) is 10.6 Å². The largest absolute Gasteiger partial charge is 0.338 e. The first-order chi connectivity index (χ1) is 13.6. The van der Waals surface area contributed by atoms with Crippen LogP contribution in [0.15, 0.2) is 36.5 Å². The number of aryl methyl sites for hydroxylation is 1. The number of carbonyl (C=O) groups is 1. The minimum absolute atomic E-state index is 0.117. The van der Waals surface area contributed by atoms with Gasteiger partial charge >= 0.3 is 6.03 Å². The normalized spacial score (nSPS) is 16.7. The van der Waals surface area contributed by atoms with Gasteiger partial charge in [0.2, 0.25) is 0 Å². The zero-order valence-corrected chi connectivity index (χ0v) is 17.3. The highest BCUT2D eigenvalue weighted by Gasteiger charge is 2.19. The van der Waals surface area contributed by atoms with Crippen molar-refractivity contribution in [3.05, 3.63) is 47.7 Å². The molecule has 1 aliphatic heterocycles. The molecular weight excluding hydrogens is 350 g/mol. The van der Waals surface area contributed by atoms with Gasteiger partial charge in [-0.05, 0) is 64.2 Å². The number of likely N-dealkylation sites (tertiary alicyclic amines) is 1. The molecule has 1 atom stereocenters. The zero-order chi connectivity index (χ0) is 19.9. The lowest BCUT2D eigenvalue weighted by Gasteiger charge is -2.31. The Bertz CT molecular complexity index is 750. The lowest BCUT2D eigenvalue weighted by atomic mass is 9.97. The van der Waals surface area contributed by atoms with Gasteiger partial charge in [0.25, 0.3) is 0 Å². The Morgan fingerprint density at radius 2 is 1.96 bits per heavy atom. The van der Waals surface area contributed by atoms with Gasteiger partial charge in [-0.3, -0.25) is 10.00 Å². The highest BCUT2D eigenvalue weighted by Crippen LogP contribution is 2.21. The summed E-state index contributed by atoms with van der Waals surface area (Å²) >= 11 is 0. The fraction of sp³-hybridized carbons (Fsp3) is 0.545. The number of carbonyl (C=O) groups excluding carboxylic acids is 1. The van der Waals surface area contributed by atoms with Crippen molar-refractivity contribution in [3.8, 4) is 0 Å². The van der Waals surface area contributed by atoms with Gasteiger partial charge in [-0.25, -0.2) is 4.79 Å². The minimum atomic E-state index is -0.170. The first kappa shape index (κ1) is 20.4. The summed E-state index contributed by atoms with van der Waals surface area (Å²) < 4.78 is 1.91. The number of benzene rings is 1. The summed E-state index contributed by atoms with van der Waals surface area (Å²) in [6, 6.07) is 10.2. The molecule has 1 aliphatic rings. The van der Waals surface area contributed by atoms with E-state index in [-0.39, 0.29) is 12.1 Å². The zero-order valence-electron chi connectivity index (χ0n) is 17.3. The average molecular weight is 384 g/mol. The van der Waals surface area contributed by atoms with Crippen LogP contribution < -0.4 is 10.6 Å². The molecule has 2 aromatic rings. The second-order valence-corrected chi connectivity index (χ2v) is 7.85. The van der Waals surface area contributed by atoms with Crippen molar-refractivity contribution in [2.45, 2.75) is 46.1 Å². The number of nitrogens with one attached hydrogen (secondary N) is 2. The van der Waals surface area contributed by atoms with Crippen molar-refractivity contribution >= 4 is 11.8 Å². The van der Waals surface area contributed by atoms with Gasteiger partial charge in [0.15, 0.2) is 5.82 Å². The van der Waals surface area contributed by atoms with Crippen LogP contribution >= 0.6 is 0 Å². The highest BCUT2D eigenvalue weighted by molar-refractivity contribution is 5.88. The monoisotopic (exact) mass is 383 g/mol. The highest BCUT2D eigenvalue weighted by atomic mass is 16.2. The number of anilines is 1. The van der Waals surface area contributed by atoms with E-state index in [1.165, 1.54) is 18.5 Å². The maximum Gasteiger partial charge on any atom is 0.320 e. The van der Waals surface area contributed by atoms with E-state index in [1.807, 2.05) is 36.0 Å². The van der Waals surface area contributed by atoms with Crippen LogP contribution in [0.3, 0.4) is 0 Å². The molecule has 2 heterocycles. The van der Waals surface area contributed by atoms with E-state index in [2.05, 4.69) is 46.6 Å². The number of piperidine rings is 1.